The van der Waals surface area contributed by atoms with Gasteiger partial charge in [0, 0.05) is 22.1 Å². The van der Waals surface area contributed by atoms with Crippen molar-refractivity contribution in [2.24, 2.45) is 0 Å². The molecule has 2 heterocycles. The van der Waals surface area contributed by atoms with Crippen LogP contribution in [0.1, 0.15) is 16.3 Å². The van der Waals surface area contributed by atoms with Crippen LogP contribution in [0.5, 0.6) is 0 Å². The highest BCUT2D eigenvalue weighted by molar-refractivity contribution is 9.10. The van der Waals surface area contributed by atoms with Crippen LogP contribution >= 0.6 is 15.9 Å². The van der Waals surface area contributed by atoms with E-state index in [1.54, 1.807) is 36.5 Å². The number of hydrogen-bond donors (Lipinski definition) is 1. The highest BCUT2D eigenvalue weighted by Crippen LogP contribution is 2.14. The number of hydrogen-bond acceptors (Lipinski definition) is 6. The SMILES string of the molecule is Cc1ccnc2nc(C(=O)OCC(=O)Nc3ccc(Br)cc3)nn12. The molecule has 0 aliphatic heterocycles. The predicted octanol–water partition coefficient (Wildman–Crippen LogP) is 1.99. The first kappa shape index (κ1) is 16.1. The van der Waals surface area contributed by atoms with E-state index in [2.05, 4.69) is 36.3 Å². The van der Waals surface area contributed by atoms with Crippen LogP contribution in [0.25, 0.3) is 5.78 Å². The van der Waals surface area contributed by atoms with Crippen molar-refractivity contribution >= 4 is 39.3 Å². The van der Waals surface area contributed by atoms with Crippen molar-refractivity contribution in [1.82, 2.24) is 19.6 Å². The molecule has 24 heavy (non-hydrogen) atoms. The van der Waals surface area contributed by atoms with Crippen LogP contribution in [-0.2, 0) is 9.53 Å². The van der Waals surface area contributed by atoms with Crippen molar-refractivity contribution in [3.05, 3.63) is 52.5 Å². The lowest BCUT2D eigenvalue weighted by atomic mass is 10.3. The lowest BCUT2D eigenvalue weighted by Crippen LogP contribution is -2.21. The van der Waals surface area contributed by atoms with Crippen molar-refractivity contribution in [3.63, 3.8) is 0 Å². The van der Waals surface area contributed by atoms with Crippen molar-refractivity contribution in [1.29, 1.82) is 0 Å². The van der Waals surface area contributed by atoms with E-state index in [9.17, 15) is 9.59 Å². The number of carbonyl (C=O) groups is 2. The number of benzene rings is 1. The van der Waals surface area contributed by atoms with Gasteiger partial charge in [-0.25, -0.2) is 14.3 Å². The van der Waals surface area contributed by atoms with Gasteiger partial charge in [0.1, 0.15) is 0 Å². The van der Waals surface area contributed by atoms with E-state index in [0.29, 0.717) is 11.5 Å². The van der Waals surface area contributed by atoms with Gasteiger partial charge in [-0.3, -0.25) is 4.79 Å². The highest BCUT2D eigenvalue weighted by atomic mass is 79.9. The molecule has 3 aromatic rings. The summed E-state index contributed by atoms with van der Waals surface area (Å²) < 4.78 is 7.25. The summed E-state index contributed by atoms with van der Waals surface area (Å²) in [5.74, 6) is -1.09. The van der Waals surface area contributed by atoms with Gasteiger partial charge in [-0.05, 0) is 37.3 Å². The summed E-state index contributed by atoms with van der Waals surface area (Å²) in [6, 6.07) is 8.77. The second kappa shape index (κ2) is 6.75. The van der Waals surface area contributed by atoms with Crippen molar-refractivity contribution < 1.29 is 14.3 Å². The maximum Gasteiger partial charge on any atom is 0.378 e. The Balaban J connectivity index is 1.60. The van der Waals surface area contributed by atoms with Gasteiger partial charge >= 0.3 is 5.97 Å². The van der Waals surface area contributed by atoms with E-state index in [4.69, 9.17) is 4.74 Å². The van der Waals surface area contributed by atoms with E-state index in [-0.39, 0.29) is 5.82 Å². The topological polar surface area (TPSA) is 98.5 Å². The van der Waals surface area contributed by atoms with Crippen LogP contribution in [-0.4, -0.2) is 38.1 Å². The summed E-state index contributed by atoms with van der Waals surface area (Å²) in [7, 11) is 0. The number of anilines is 1. The molecule has 0 unspecified atom stereocenters. The molecule has 0 radical (unpaired) electrons. The molecule has 0 aliphatic carbocycles. The van der Waals surface area contributed by atoms with Crippen LogP contribution < -0.4 is 5.32 Å². The minimum atomic E-state index is -0.786. The number of halogens is 1. The monoisotopic (exact) mass is 389 g/mol. The van der Waals surface area contributed by atoms with E-state index >= 15 is 0 Å². The number of aromatic nitrogens is 4. The predicted molar refractivity (Wildman–Crippen MR) is 88.6 cm³/mol. The van der Waals surface area contributed by atoms with Crippen LogP contribution in [0.2, 0.25) is 0 Å². The number of rotatable bonds is 4. The Morgan fingerprint density at radius 1 is 1.25 bits per heavy atom. The Morgan fingerprint density at radius 3 is 2.71 bits per heavy atom. The van der Waals surface area contributed by atoms with Gasteiger partial charge in [0.15, 0.2) is 6.61 Å². The van der Waals surface area contributed by atoms with Gasteiger partial charge < -0.3 is 10.1 Å². The largest absolute Gasteiger partial charge is 0.450 e. The molecule has 3 rings (SSSR count). The van der Waals surface area contributed by atoms with Gasteiger partial charge in [-0.15, -0.1) is 5.10 Å². The zero-order valence-corrected chi connectivity index (χ0v) is 14.1. The molecule has 0 aliphatic rings. The fourth-order valence-corrected chi connectivity index (χ4v) is 2.18. The minimum absolute atomic E-state index is 0.145. The third-order valence-electron chi connectivity index (χ3n) is 3.07. The summed E-state index contributed by atoms with van der Waals surface area (Å²) in [6.45, 7) is 1.38. The van der Waals surface area contributed by atoms with Crippen molar-refractivity contribution in [3.8, 4) is 0 Å². The molecular formula is C15H12BrN5O3. The number of aryl methyl sites for hydroxylation is 1. The highest BCUT2D eigenvalue weighted by Gasteiger charge is 2.17. The average molecular weight is 390 g/mol. The fraction of sp³-hybridized carbons (Fsp3) is 0.133. The van der Waals surface area contributed by atoms with Gasteiger partial charge in [0.25, 0.3) is 17.5 Å². The number of esters is 1. The van der Waals surface area contributed by atoms with E-state index in [1.165, 1.54) is 4.52 Å². The Morgan fingerprint density at radius 2 is 2.00 bits per heavy atom. The molecule has 2 aromatic heterocycles. The molecule has 9 heteroatoms. The zero-order valence-electron chi connectivity index (χ0n) is 12.6. The molecule has 8 nitrogen and oxygen atoms in total. The first-order valence-corrected chi connectivity index (χ1v) is 7.73. The van der Waals surface area contributed by atoms with E-state index < -0.39 is 18.5 Å². The second-order valence-corrected chi connectivity index (χ2v) is 5.78. The summed E-state index contributed by atoms with van der Waals surface area (Å²) in [5, 5.41) is 6.63. The maximum atomic E-state index is 12.0. The van der Waals surface area contributed by atoms with Crippen LogP contribution in [0.15, 0.2) is 41.0 Å². The molecule has 0 fully saturated rings. The van der Waals surface area contributed by atoms with E-state index in [0.717, 1.165) is 10.2 Å². The number of amides is 1. The molecular weight excluding hydrogens is 378 g/mol. The van der Waals surface area contributed by atoms with Crippen molar-refractivity contribution in [2.75, 3.05) is 11.9 Å². The number of nitrogens with one attached hydrogen (secondary N) is 1. The maximum absolute atomic E-state index is 12.0. The molecule has 0 spiro atoms. The average Bonchev–Trinajstić information content (AvgIpc) is 3.00. The molecule has 0 atom stereocenters. The Labute approximate surface area is 145 Å². The van der Waals surface area contributed by atoms with Crippen LogP contribution in [0, 0.1) is 6.92 Å². The lowest BCUT2D eigenvalue weighted by Gasteiger charge is -2.05. The number of fused-ring (bicyclic) bond motifs is 1. The summed E-state index contributed by atoms with van der Waals surface area (Å²) in [5.41, 5.74) is 1.38. The number of nitrogens with zero attached hydrogens (tertiary/aromatic N) is 4. The summed E-state index contributed by atoms with van der Waals surface area (Å²) in [6.07, 6.45) is 1.57. The third-order valence-corrected chi connectivity index (χ3v) is 3.60. The van der Waals surface area contributed by atoms with Gasteiger partial charge in [-0.2, -0.15) is 4.98 Å². The Kier molecular flexibility index (Phi) is 4.52. The van der Waals surface area contributed by atoms with E-state index in [1.807, 2.05) is 6.92 Å². The third kappa shape index (κ3) is 3.57. The Bertz CT molecular complexity index is 907. The first-order chi connectivity index (χ1) is 11.5. The quantitative estimate of drug-likeness (QED) is 0.685. The van der Waals surface area contributed by atoms with Crippen LogP contribution in [0.4, 0.5) is 5.69 Å². The van der Waals surface area contributed by atoms with Gasteiger partial charge in [0.2, 0.25) is 0 Å². The molecule has 0 saturated heterocycles. The summed E-state index contributed by atoms with van der Waals surface area (Å²) >= 11 is 3.30. The molecule has 0 saturated carbocycles. The summed E-state index contributed by atoms with van der Waals surface area (Å²) in [4.78, 5) is 31.7. The molecule has 0 bridgehead atoms. The van der Waals surface area contributed by atoms with Crippen LogP contribution in [0.3, 0.4) is 0 Å². The minimum Gasteiger partial charge on any atom is -0.450 e. The lowest BCUT2D eigenvalue weighted by molar-refractivity contribution is -0.119. The van der Waals surface area contributed by atoms with Gasteiger partial charge in [0.05, 0.1) is 0 Å². The molecule has 122 valence electrons. The standard InChI is InChI=1S/C15H12BrN5O3/c1-9-6-7-17-15-19-13(20-21(9)15)14(23)24-8-12(22)18-11-4-2-10(16)3-5-11/h2-7H,8H2,1H3,(H,18,22). The normalized spacial score (nSPS) is 10.6. The molecule has 1 amide bonds. The van der Waals surface area contributed by atoms with Gasteiger partial charge in [-0.1, -0.05) is 15.9 Å². The second-order valence-electron chi connectivity index (χ2n) is 4.86. The first-order valence-electron chi connectivity index (χ1n) is 6.94. The zero-order chi connectivity index (χ0) is 17.1. The smallest absolute Gasteiger partial charge is 0.378 e. The Hall–Kier alpha value is -2.81. The molecule has 1 N–H and O–H groups in total. The molecule has 1 aromatic carbocycles. The fourth-order valence-electron chi connectivity index (χ4n) is 1.92. The number of ether oxygens (including phenoxy) is 1. The number of carbonyl (C=O) groups excluding carboxylic acids is 2. The van der Waals surface area contributed by atoms with Crippen molar-refractivity contribution in [2.45, 2.75) is 6.92 Å².